The predicted molar refractivity (Wildman–Crippen MR) is 143 cm³/mol. The number of anilines is 1. The maximum absolute atomic E-state index is 13.4. The van der Waals surface area contributed by atoms with Crippen LogP contribution in [0.4, 0.5) is 5.13 Å². The molecule has 0 amide bonds. The molecule has 8 nitrogen and oxygen atoms in total. The molecule has 0 saturated carbocycles. The van der Waals surface area contributed by atoms with Gasteiger partial charge in [-0.1, -0.05) is 23.5 Å². The van der Waals surface area contributed by atoms with Gasteiger partial charge in [0, 0.05) is 17.5 Å². The van der Waals surface area contributed by atoms with Crippen LogP contribution < -0.4 is 9.64 Å². The summed E-state index contributed by atoms with van der Waals surface area (Å²) >= 11 is 1.44. The Balaban J connectivity index is 1.95. The summed E-state index contributed by atoms with van der Waals surface area (Å²) in [6.07, 6.45) is 0. The molecule has 1 N–H and O–H groups in total. The topological polar surface area (TPSA) is 98.2 Å². The van der Waals surface area contributed by atoms with Gasteiger partial charge in [-0.15, -0.1) is 0 Å². The Morgan fingerprint density at radius 1 is 0.919 bits per heavy atom. The third-order valence-corrected chi connectivity index (χ3v) is 7.12. The Morgan fingerprint density at radius 3 is 2.05 bits per heavy atom. The molecule has 0 atom stereocenters. The van der Waals surface area contributed by atoms with Gasteiger partial charge in [-0.3, -0.25) is 4.90 Å². The van der Waals surface area contributed by atoms with Gasteiger partial charge in [-0.2, -0.15) is 0 Å². The number of aromatic nitrogens is 1. The van der Waals surface area contributed by atoms with Crippen LogP contribution in [-0.2, 0) is 19.1 Å². The highest BCUT2D eigenvalue weighted by Crippen LogP contribution is 2.46. The smallest absolute Gasteiger partial charge is 0.336 e. The van der Waals surface area contributed by atoms with Crippen LogP contribution in [0.1, 0.15) is 46.1 Å². The first kappa shape index (κ1) is 26.2. The van der Waals surface area contributed by atoms with Crippen LogP contribution in [0.25, 0.3) is 10.2 Å². The summed E-state index contributed by atoms with van der Waals surface area (Å²) in [4.78, 5) is 33.4. The van der Waals surface area contributed by atoms with E-state index in [1.165, 1.54) is 23.5 Å². The van der Waals surface area contributed by atoms with Gasteiger partial charge in [0.25, 0.3) is 0 Å². The number of fused-ring (bicyclic) bond motifs is 1. The van der Waals surface area contributed by atoms with Crippen molar-refractivity contribution in [2.24, 2.45) is 0 Å². The third-order valence-electron chi connectivity index (χ3n) is 6.09. The number of benzene rings is 2. The SMILES string of the molecule is CCOC(=O)C1=C(C)N(c2nc3cc(OCC)ccc3s2)C(C)=C(C(=O)OCC)C1c1ccc(O)cc1. The lowest BCUT2D eigenvalue weighted by Gasteiger charge is -2.36. The first-order valence-electron chi connectivity index (χ1n) is 12.2. The molecule has 0 bridgehead atoms. The zero-order valence-corrected chi connectivity index (χ0v) is 22.3. The van der Waals surface area contributed by atoms with Crippen LogP contribution in [0.15, 0.2) is 65.0 Å². The summed E-state index contributed by atoms with van der Waals surface area (Å²) < 4.78 is 17.5. The average molecular weight is 523 g/mol. The van der Waals surface area contributed by atoms with E-state index in [9.17, 15) is 14.7 Å². The molecule has 0 saturated heterocycles. The quantitative estimate of drug-likeness (QED) is 0.378. The van der Waals surface area contributed by atoms with Crippen molar-refractivity contribution in [3.05, 3.63) is 70.6 Å². The molecule has 0 unspecified atom stereocenters. The fourth-order valence-electron chi connectivity index (χ4n) is 4.54. The number of hydrogen-bond donors (Lipinski definition) is 1. The number of aromatic hydroxyl groups is 1. The van der Waals surface area contributed by atoms with E-state index in [2.05, 4.69) is 0 Å². The number of allylic oxidation sites excluding steroid dienone is 2. The van der Waals surface area contributed by atoms with Crippen molar-refractivity contribution in [2.75, 3.05) is 24.7 Å². The van der Waals surface area contributed by atoms with Gasteiger partial charge in [0.15, 0.2) is 5.13 Å². The van der Waals surface area contributed by atoms with Crippen molar-refractivity contribution in [3.63, 3.8) is 0 Å². The highest BCUT2D eigenvalue weighted by atomic mass is 32.1. The standard InChI is InChI=1S/C28H30N2O6S/c1-6-34-20-13-14-22-21(15-20)29-28(37-22)30-16(4)23(26(32)35-7-2)25(18-9-11-19(31)12-10-18)24(17(30)5)27(33)36-8-3/h9-15,25,31H,6-8H2,1-5H3. The van der Waals surface area contributed by atoms with Gasteiger partial charge < -0.3 is 19.3 Å². The lowest BCUT2D eigenvalue weighted by Crippen LogP contribution is -2.35. The summed E-state index contributed by atoms with van der Waals surface area (Å²) in [5, 5.41) is 10.5. The maximum Gasteiger partial charge on any atom is 0.336 e. The van der Waals surface area contributed by atoms with Crippen molar-refractivity contribution in [3.8, 4) is 11.5 Å². The molecule has 37 heavy (non-hydrogen) atoms. The predicted octanol–water partition coefficient (Wildman–Crippen LogP) is 5.68. The third kappa shape index (κ3) is 5.04. The van der Waals surface area contributed by atoms with Crippen molar-refractivity contribution < 1.29 is 28.9 Å². The Hall–Kier alpha value is -3.85. The number of carbonyl (C=O) groups excluding carboxylic acids is 2. The fraction of sp³-hybridized carbons (Fsp3) is 0.321. The van der Waals surface area contributed by atoms with Crippen molar-refractivity contribution in [1.29, 1.82) is 0 Å². The van der Waals surface area contributed by atoms with E-state index in [1.807, 2.05) is 43.9 Å². The largest absolute Gasteiger partial charge is 0.508 e. The summed E-state index contributed by atoms with van der Waals surface area (Å²) in [5.41, 5.74) is 3.25. The second kappa shape index (κ2) is 11.0. The summed E-state index contributed by atoms with van der Waals surface area (Å²) in [6.45, 7) is 9.94. The zero-order chi connectivity index (χ0) is 26.7. The molecule has 1 aliphatic rings. The van der Waals surface area contributed by atoms with E-state index in [0.717, 1.165) is 16.0 Å². The molecule has 0 spiro atoms. The van der Waals surface area contributed by atoms with Gasteiger partial charge in [-0.25, -0.2) is 14.6 Å². The maximum atomic E-state index is 13.4. The van der Waals surface area contributed by atoms with E-state index in [-0.39, 0.29) is 19.0 Å². The van der Waals surface area contributed by atoms with Crippen LogP contribution in [0, 0.1) is 0 Å². The van der Waals surface area contributed by atoms with Gasteiger partial charge in [0.2, 0.25) is 0 Å². The summed E-state index contributed by atoms with van der Waals surface area (Å²) in [6, 6.07) is 12.2. The molecule has 0 fully saturated rings. The first-order chi connectivity index (χ1) is 17.8. The van der Waals surface area contributed by atoms with E-state index < -0.39 is 17.9 Å². The summed E-state index contributed by atoms with van der Waals surface area (Å²) in [5.74, 6) is -1.00. The Kier molecular flexibility index (Phi) is 7.83. The van der Waals surface area contributed by atoms with Crippen molar-refractivity contribution in [2.45, 2.75) is 40.5 Å². The highest BCUT2D eigenvalue weighted by Gasteiger charge is 2.41. The van der Waals surface area contributed by atoms with Gasteiger partial charge in [0.1, 0.15) is 11.5 Å². The van der Waals surface area contributed by atoms with E-state index >= 15 is 0 Å². The van der Waals surface area contributed by atoms with Gasteiger partial charge >= 0.3 is 11.9 Å². The zero-order valence-electron chi connectivity index (χ0n) is 21.5. The number of rotatable bonds is 8. The Labute approximate surface area is 219 Å². The Morgan fingerprint density at radius 2 is 1.51 bits per heavy atom. The number of carbonyl (C=O) groups is 2. The first-order valence-corrected chi connectivity index (χ1v) is 13.0. The minimum absolute atomic E-state index is 0.0823. The van der Waals surface area contributed by atoms with Gasteiger partial charge in [0.05, 0.1) is 47.1 Å². The molecule has 0 aliphatic carbocycles. The number of esters is 2. The fourth-order valence-corrected chi connectivity index (χ4v) is 5.59. The number of thiazole rings is 1. The van der Waals surface area contributed by atoms with Crippen LogP contribution >= 0.6 is 11.3 Å². The molecular weight excluding hydrogens is 492 g/mol. The molecule has 0 radical (unpaired) electrons. The van der Waals surface area contributed by atoms with Crippen LogP contribution in [0.2, 0.25) is 0 Å². The number of phenolic OH excluding ortho intramolecular Hbond substituents is 1. The molecule has 3 aromatic rings. The monoisotopic (exact) mass is 522 g/mol. The molecule has 2 aromatic carbocycles. The Bertz CT molecular complexity index is 1350. The van der Waals surface area contributed by atoms with Crippen molar-refractivity contribution in [1.82, 2.24) is 4.98 Å². The highest BCUT2D eigenvalue weighted by molar-refractivity contribution is 7.22. The molecule has 4 rings (SSSR count). The molecule has 194 valence electrons. The molecule has 9 heteroatoms. The summed E-state index contributed by atoms with van der Waals surface area (Å²) in [7, 11) is 0. The second-order valence-corrected chi connectivity index (χ2v) is 9.37. The number of phenols is 1. The van der Waals surface area contributed by atoms with Crippen LogP contribution in [0.3, 0.4) is 0 Å². The van der Waals surface area contributed by atoms with Crippen LogP contribution in [0.5, 0.6) is 11.5 Å². The van der Waals surface area contributed by atoms with Gasteiger partial charge in [-0.05, 0) is 64.4 Å². The molecular formula is C28H30N2O6S. The number of hydrogen-bond acceptors (Lipinski definition) is 9. The minimum atomic E-state index is -0.742. The number of ether oxygens (including phenoxy) is 3. The van der Waals surface area contributed by atoms with E-state index in [4.69, 9.17) is 19.2 Å². The van der Waals surface area contributed by atoms with E-state index in [1.54, 1.807) is 26.0 Å². The molecule has 1 aromatic heterocycles. The van der Waals surface area contributed by atoms with Crippen molar-refractivity contribution >= 4 is 38.6 Å². The van der Waals surface area contributed by atoms with E-state index in [0.29, 0.717) is 39.8 Å². The molecule has 1 aliphatic heterocycles. The lowest BCUT2D eigenvalue weighted by molar-refractivity contribution is -0.139. The normalized spacial score (nSPS) is 14.4. The minimum Gasteiger partial charge on any atom is -0.508 e. The average Bonchev–Trinajstić information content (AvgIpc) is 3.27. The lowest BCUT2D eigenvalue weighted by atomic mass is 9.80. The second-order valence-electron chi connectivity index (χ2n) is 8.36. The molecule has 2 heterocycles. The number of nitrogens with zero attached hydrogens (tertiary/aromatic N) is 2. The van der Waals surface area contributed by atoms with Crippen LogP contribution in [-0.4, -0.2) is 41.8 Å².